The molecule has 0 fully saturated rings. The van der Waals surface area contributed by atoms with Crippen LogP contribution in [0.2, 0.25) is 0 Å². The van der Waals surface area contributed by atoms with Gasteiger partial charge in [-0.05, 0) is 86.1 Å². The normalized spacial score (nSPS) is 13.3. The minimum atomic E-state index is -0.859. The third-order valence-corrected chi connectivity index (χ3v) is 8.69. The average molecular weight is 778 g/mol. The maximum absolute atomic E-state index is 13.6. The number of unbranched alkanes of at least 4 members (excludes halogenated alkanes) is 2. The molecule has 0 aliphatic rings. The number of esters is 2. The summed E-state index contributed by atoms with van der Waals surface area (Å²) in [6.07, 6.45) is 37.4. The van der Waals surface area contributed by atoms with E-state index in [1.54, 1.807) is 11.0 Å². The van der Waals surface area contributed by atoms with Crippen molar-refractivity contribution in [3.63, 3.8) is 0 Å². The molecule has 0 aliphatic heterocycles. The number of rotatable bonds is 27. The number of nitrogens with zero attached hydrogens (tertiary/aromatic N) is 4. The second-order valence-electron chi connectivity index (χ2n) is 13.6. The maximum Gasteiger partial charge on any atom is 0.334 e. The molecular weight excluding hydrogens is 715 g/mol. The highest BCUT2D eigenvalue weighted by Crippen LogP contribution is 2.30. The fourth-order valence-electron chi connectivity index (χ4n) is 5.76. The van der Waals surface area contributed by atoms with E-state index >= 15 is 0 Å². The standard InChI is InChI=1S/C47H63N5O5/c1-7-11-13-14-15-16-17-18-19-20-21-22-23-24-25-26-27-30-44(54)56-35-36-57-47(55)45(38(5)6)52(43(53)29-12-8-2)37-39-31-33-40(34-32-39)42(28-9-3)41(10-4)46-48-50-51-49-46/h9-11,13,15-16,18-19,21-22,24-25,28,31-36,38,45H,3,7-8,12,14,17,20,23,26-27,29-30,37H2,1-2,4-6H3,(H,48,49,50,51)/b13-11-,16-15-,19-18-,22-21-,25-24-,36-35+,41-10+,42-28-. The van der Waals surface area contributed by atoms with Gasteiger partial charge < -0.3 is 14.4 Å². The zero-order chi connectivity index (χ0) is 41.5. The predicted octanol–water partition coefficient (Wildman–Crippen LogP) is 10.9. The van der Waals surface area contributed by atoms with E-state index in [4.69, 9.17) is 9.47 Å². The van der Waals surface area contributed by atoms with Gasteiger partial charge in [0.1, 0.15) is 18.6 Å². The lowest BCUT2D eigenvalue weighted by molar-refractivity contribution is -0.154. The number of carbonyl (C=O) groups excluding carboxylic acids is 3. The summed E-state index contributed by atoms with van der Waals surface area (Å²) in [5.74, 6) is -0.948. The van der Waals surface area contributed by atoms with Crippen LogP contribution < -0.4 is 0 Å². The number of carbonyl (C=O) groups is 3. The Bertz CT molecular complexity index is 1730. The summed E-state index contributed by atoms with van der Waals surface area (Å²) in [6, 6.07) is 6.90. The van der Waals surface area contributed by atoms with Crippen molar-refractivity contribution in [3.8, 4) is 0 Å². The Labute approximate surface area is 340 Å². The Morgan fingerprint density at radius 1 is 0.807 bits per heavy atom. The van der Waals surface area contributed by atoms with Gasteiger partial charge in [-0.2, -0.15) is 5.21 Å². The first-order valence-corrected chi connectivity index (χ1v) is 20.2. The molecule has 0 bridgehead atoms. The highest BCUT2D eigenvalue weighted by Gasteiger charge is 2.33. The van der Waals surface area contributed by atoms with Crippen molar-refractivity contribution in [2.45, 2.75) is 118 Å². The van der Waals surface area contributed by atoms with Crippen LogP contribution in [0.3, 0.4) is 0 Å². The molecule has 306 valence electrons. The van der Waals surface area contributed by atoms with Crippen LogP contribution in [0.5, 0.6) is 0 Å². The number of hydrogen-bond acceptors (Lipinski definition) is 8. The fraction of sp³-hybridized carbons (Fsp3) is 0.404. The molecule has 10 nitrogen and oxygen atoms in total. The highest BCUT2D eigenvalue weighted by molar-refractivity contribution is 6.03. The quantitative estimate of drug-likeness (QED) is 0.0312. The zero-order valence-corrected chi connectivity index (χ0v) is 34.6. The maximum atomic E-state index is 13.6. The van der Waals surface area contributed by atoms with Gasteiger partial charge in [0, 0.05) is 25.0 Å². The molecule has 1 aromatic heterocycles. The molecule has 0 spiro atoms. The van der Waals surface area contributed by atoms with Crippen molar-refractivity contribution in [1.29, 1.82) is 0 Å². The van der Waals surface area contributed by atoms with Crippen LogP contribution in [-0.4, -0.2) is 49.4 Å². The van der Waals surface area contributed by atoms with Gasteiger partial charge in [0.15, 0.2) is 0 Å². The summed E-state index contributed by atoms with van der Waals surface area (Å²) in [7, 11) is 0. The van der Waals surface area contributed by atoms with Crippen LogP contribution in [0.25, 0.3) is 11.1 Å². The molecule has 1 aromatic carbocycles. The van der Waals surface area contributed by atoms with E-state index < -0.39 is 18.0 Å². The molecule has 1 N–H and O–H groups in total. The Morgan fingerprint density at radius 2 is 1.42 bits per heavy atom. The van der Waals surface area contributed by atoms with E-state index in [0.717, 1.165) is 79.7 Å². The van der Waals surface area contributed by atoms with Gasteiger partial charge in [-0.25, -0.2) is 4.79 Å². The first-order valence-electron chi connectivity index (χ1n) is 20.2. The topological polar surface area (TPSA) is 127 Å². The lowest BCUT2D eigenvalue weighted by Crippen LogP contribution is -2.48. The van der Waals surface area contributed by atoms with Gasteiger partial charge in [0.05, 0.1) is 0 Å². The summed E-state index contributed by atoms with van der Waals surface area (Å²) in [5.41, 5.74) is 3.39. The number of H-pyrrole nitrogens is 1. The molecule has 0 radical (unpaired) electrons. The molecule has 1 amide bonds. The molecule has 2 aromatic rings. The number of amides is 1. The number of hydrogen-bond donors (Lipinski definition) is 1. The SMILES string of the molecule is C=C/C=C(\C(=C/C)c1nn[nH]n1)c1ccc(CN(C(=O)CCCC)C(C(=O)O/C=C/OC(=O)CCC/C=C\C/C=C\C/C=C\C/C=C\C/C=C\CC)C(C)C)cc1. The second kappa shape index (κ2) is 29.6. The summed E-state index contributed by atoms with van der Waals surface area (Å²) in [6.45, 7) is 13.9. The van der Waals surface area contributed by atoms with Crippen molar-refractivity contribution >= 4 is 29.0 Å². The average Bonchev–Trinajstić information content (AvgIpc) is 3.74. The van der Waals surface area contributed by atoms with Crippen LogP contribution in [0.4, 0.5) is 0 Å². The molecule has 0 saturated heterocycles. The molecule has 0 aliphatic carbocycles. The molecule has 1 unspecified atom stereocenters. The molecule has 10 heteroatoms. The summed E-state index contributed by atoms with van der Waals surface area (Å²) in [4.78, 5) is 40.9. The van der Waals surface area contributed by atoms with Gasteiger partial charge in [0.2, 0.25) is 11.7 Å². The van der Waals surface area contributed by atoms with Gasteiger partial charge >= 0.3 is 11.9 Å². The van der Waals surface area contributed by atoms with E-state index in [9.17, 15) is 14.4 Å². The van der Waals surface area contributed by atoms with Crippen molar-refractivity contribution in [1.82, 2.24) is 25.5 Å². The smallest absolute Gasteiger partial charge is 0.334 e. The first kappa shape index (κ1) is 47.5. The van der Waals surface area contributed by atoms with Crippen molar-refractivity contribution in [2.75, 3.05) is 0 Å². The van der Waals surface area contributed by atoms with E-state index in [-0.39, 0.29) is 24.8 Å². The minimum absolute atomic E-state index is 0.139. The molecular formula is C47H63N5O5. The Balaban J connectivity index is 1.89. The van der Waals surface area contributed by atoms with E-state index in [2.05, 4.69) is 94.9 Å². The molecule has 1 atom stereocenters. The summed E-state index contributed by atoms with van der Waals surface area (Å²) < 4.78 is 10.6. The van der Waals surface area contributed by atoms with Gasteiger partial charge in [0.25, 0.3) is 0 Å². The third kappa shape index (κ3) is 19.2. The Hall–Kier alpha value is -5.64. The third-order valence-electron chi connectivity index (χ3n) is 8.69. The minimum Gasteiger partial charge on any atom is -0.431 e. The summed E-state index contributed by atoms with van der Waals surface area (Å²) in [5, 5.41) is 14.4. The number of nitrogens with one attached hydrogen (secondary N) is 1. The van der Waals surface area contributed by atoms with Crippen molar-refractivity contribution < 1.29 is 23.9 Å². The van der Waals surface area contributed by atoms with Crippen LogP contribution >= 0.6 is 0 Å². The molecule has 0 saturated carbocycles. The number of aromatic amines is 1. The monoisotopic (exact) mass is 777 g/mol. The summed E-state index contributed by atoms with van der Waals surface area (Å²) >= 11 is 0. The van der Waals surface area contributed by atoms with Gasteiger partial charge in [-0.1, -0.05) is 144 Å². The largest absolute Gasteiger partial charge is 0.431 e. The lowest BCUT2D eigenvalue weighted by atomic mass is 9.95. The lowest BCUT2D eigenvalue weighted by Gasteiger charge is -2.32. The van der Waals surface area contributed by atoms with Crippen molar-refractivity contribution in [2.24, 2.45) is 5.92 Å². The number of aromatic nitrogens is 4. The molecule has 57 heavy (non-hydrogen) atoms. The van der Waals surface area contributed by atoms with E-state index in [1.807, 2.05) is 64.1 Å². The van der Waals surface area contributed by atoms with Gasteiger partial charge in [-0.15, -0.1) is 10.2 Å². The second-order valence-corrected chi connectivity index (χ2v) is 13.6. The van der Waals surface area contributed by atoms with E-state index in [1.165, 1.54) is 0 Å². The predicted molar refractivity (Wildman–Crippen MR) is 231 cm³/mol. The zero-order valence-electron chi connectivity index (χ0n) is 34.6. The first-order chi connectivity index (χ1) is 27.8. The Morgan fingerprint density at radius 3 is 1.96 bits per heavy atom. The number of tetrazole rings is 1. The number of allylic oxidation sites excluding steroid dienone is 15. The van der Waals surface area contributed by atoms with Gasteiger partial charge in [-0.3, -0.25) is 9.59 Å². The molecule has 2 rings (SSSR count). The number of benzene rings is 1. The highest BCUT2D eigenvalue weighted by atomic mass is 16.6. The Kier molecular flexibility index (Phi) is 24.7. The van der Waals surface area contributed by atoms with Crippen LogP contribution in [0.15, 0.2) is 122 Å². The van der Waals surface area contributed by atoms with Crippen LogP contribution in [0, 0.1) is 5.92 Å². The molecule has 1 heterocycles. The van der Waals surface area contributed by atoms with Crippen LogP contribution in [0.1, 0.15) is 122 Å². The fourth-order valence-corrected chi connectivity index (χ4v) is 5.76. The van der Waals surface area contributed by atoms with Crippen molar-refractivity contribution in [3.05, 3.63) is 139 Å². The van der Waals surface area contributed by atoms with E-state index in [0.29, 0.717) is 25.1 Å². The van der Waals surface area contributed by atoms with Crippen LogP contribution in [-0.2, 0) is 30.4 Å². The number of ether oxygens (including phenoxy) is 2.